The van der Waals surface area contributed by atoms with Gasteiger partial charge in [-0.2, -0.15) is 0 Å². The van der Waals surface area contributed by atoms with Crippen molar-refractivity contribution in [2.75, 3.05) is 32.1 Å². The van der Waals surface area contributed by atoms with E-state index in [1.807, 2.05) is 38.1 Å². The van der Waals surface area contributed by atoms with E-state index in [2.05, 4.69) is 20.2 Å². The first-order valence-electron chi connectivity index (χ1n) is 9.39. The lowest BCUT2D eigenvalue weighted by Crippen LogP contribution is -2.34. The second-order valence-corrected chi connectivity index (χ2v) is 7.05. The zero-order chi connectivity index (χ0) is 19.2. The highest BCUT2D eigenvalue weighted by Crippen LogP contribution is 2.20. The zero-order valence-electron chi connectivity index (χ0n) is 16.8. The molecule has 0 unspecified atom stereocenters. The van der Waals surface area contributed by atoms with Gasteiger partial charge in [0.1, 0.15) is 11.5 Å². The molecule has 0 spiro atoms. The molecule has 1 saturated heterocycles. The summed E-state index contributed by atoms with van der Waals surface area (Å²) < 4.78 is 10.9. The Morgan fingerprint density at radius 3 is 2.75 bits per heavy atom. The number of benzene rings is 1. The Morgan fingerprint density at radius 1 is 1.36 bits per heavy atom. The van der Waals surface area contributed by atoms with Crippen LogP contribution in [0.15, 0.2) is 33.7 Å². The number of halogens is 1. The molecule has 1 aromatic heterocycles. The van der Waals surface area contributed by atoms with Crippen LogP contribution in [0.3, 0.4) is 0 Å². The van der Waals surface area contributed by atoms with Gasteiger partial charge in [-0.05, 0) is 57.8 Å². The van der Waals surface area contributed by atoms with Crippen molar-refractivity contribution in [2.24, 2.45) is 16.6 Å². The summed E-state index contributed by atoms with van der Waals surface area (Å²) in [6.45, 7) is 7.53. The molecule has 28 heavy (non-hydrogen) atoms. The molecule has 1 aliphatic rings. The van der Waals surface area contributed by atoms with E-state index in [9.17, 15) is 0 Å². The maximum atomic E-state index is 6.03. The number of rotatable bonds is 6. The molecular formula is C20H30IN5O2. The van der Waals surface area contributed by atoms with Crippen LogP contribution in [0, 0.1) is 19.8 Å². The van der Waals surface area contributed by atoms with E-state index < -0.39 is 0 Å². The van der Waals surface area contributed by atoms with Crippen LogP contribution in [0.4, 0.5) is 5.69 Å². The van der Waals surface area contributed by atoms with Crippen molar-refractivity contribution in [2.45, 2.75) is 33.2 Å². The van der Waals surface area contributed by atoms with Gasteiger partial charge in [0.2, 0.25) is 5.89 Å². The molecule has 0 aliphatic carbocycles. The number of nitrogens with two attached hydrogens (primary N) is 1. The van der Waals surface area contributed by atoms with Gasteiger partial charge in [0.05, 0.1) is 19.3 Å². The van der Waals surface area contributed by atoms with Crippen LogP contribution in [-0.4, -0.2) is 42.6 Å². The van der Waals surface area contributed by atoms with Gasteiger partial charge in [0.15, 0.2) is 5.96 Å². The van der Waals surface area contributed by atoms with Crippen LogP contribution in [0.5, 0.6) is 5.75 Å². The number of hydrogen-bond donors (Lipinski definition) is 2. The van der Waals surface area contributed by atoms with Gasteiger partial charge < -0.3 is 20.2 Å². The SMILES string of the molecule is COc1cccc(NC(N)=NCC2CCN(Cc3nc(C)c(C)o3)CC2)c1.I. The van der Waals surface area contributed by atoms with Crippen molar-refractivity contribution in [3.63, 3.8) is 0 Å². The van der Waals surface area contributed by atoms with Crippen molar-refractivity contribution < 1.29 is 9.15 Å². The standard InChI is InChI=1S/C20H29N5O2.HI/c1-14-15(2)27-19(23-14)13-25-9-7-16(8-10-25)12-22-20(21)24-17-5-4-6-18(11-17)26-3;/h4-6,11,16H,7-10,12-13H2,1-3H3,(H3,21,22,24);1H. The molecule has 0 atom stereocenters. The van der Waals surface area contributed by atoms with E-state index in [0.717, 1.165) is 67.8 Å². The van der Waals surface area contributed by atoms with Gasteiger partial charge in [-0.1, -0.05) is 6.07 Å². The van der Waals surface area contributed by atoms with Gasteiger partial charge in [0, 0.05) is 18.3 Å². The van der Waals surface area contributed by atoms with Crippen LogP contribution < -0.4 is 15.8 Å². The second-order valence-electron chi connectivity index (χ2n) is 7.05. The first kappa shape index (κ1) is 22.5. The minimum Gasteiger partial charge on any atom is -0.497 e. The van der Waals surface area contributed by atoms with E-state index >= 15 is 0 Å². The lowest BCUT2D eigenvalue weighted by Gasteiger charge is -2.30. The summed E-state index contributed by atoms with van der Waals surface area (Å²) >= 11 is 0. The molecular weight excluding hydrogens is 469 g/mol. The van der Waals surface area contributed by atoms with Crippen LogP contribution in [-0.2, 0) is 6.54 Å². The van der Waals surface area contributed by atoms with Gasteiger partial charge in [0.25, 0.3) is 0 Å². The molecule has 2 aromatic rings. The van der Waals surface area contributed by atoms with E-state index in [1.54, 1.807) is 7.11 Å². The average Bonchev–Trinajstić information content (AvgIpc) is 2.98. The van der Waals surface area contributed by atoms with Crippen LogP contribution in [0.25, 0.3) is 0 Å². The summed E-state index contributed by atoms with van der Waals surface area (Å²) in [5.74, 6) is 3.51. The smallest absolute Gasteiger partial charge is 0.208 e. The number of piperidine rings is 1. The Hall–Kier alpha value is -1.81. The lowest BCUT2D eigenvalue weighted by molar-refractivity contribution is 0.166. The highest BCUT2D eigenvalue weighted by atomic mass is 127. The normalized spacial score (nSPS) is 15.9. The Balaban J connectivity index is 0.00000280. The fraction of sp³-hybridized carbons (Fsp3) is 0.500. The van der Waals surface area contributed by atoms with Crippen LogP contribution in [0.2, 0.25) is 0 Å². The molecule has 2 heterocycles. The number of aromatic nitrogens is 1. The number of nitrogens with zero attached hydrogens (tertiary/aromatic N) is 3. The van der Waals surface area contributed by atoms with Crippen molar-refractivity contribution in [1.82, 2.24) is 9.88 Å². The zero-order valence-corrected chi connectivity index (χ0v) is 19.1. The average molecular weight is 499 g/mol. The number of oxazole rings is 1. The summed E-state index contributed by atoms with van der Waals surface area (Å²) in [6, 6.07) is 7.65. The first-order chi connectivity index (χ1) is 13.0. The number of anilines is 1. The summed E-state index contributed by atoms with van der Waals surface area (Å²) in [4.78, 5) is 11.4. The fourth-order valence-electron chi connectivity index (χ4n) is 3.24. The Labute approximate surface area is 183 Å². The quantitative estimate of drug-likeness (QED) is 0.359. The van der Waals surface area contributed by atoms with Gasteiger partial charge >= 0.3 is 0 Å². The van der Waals surface area contributed by atoms with Gasteiger partial charge in [-0.25, -0.2) is 4.98 Å². The molecule has 0 radical (unpaired) electrons. The lowest BCUT2D eigenvalue weighted by atomic mass is 9.97. The maximum absolute atomic E-state index is 6.03. The number of nitrogens with one attached hydrogen (secondary N) is 1. The first-order valence-corrected chi connectivity index (χ1v) is 9.39. The Bertz CT molecular complexity index is 765. The third kappa shape index (κ3) is 6.37. The van der Waals surface area contributed by atoms with E-state index in [4.69, 9.17) is 14.9 Å². The molecule has 0 bridgehead atoms. The molecule has 3 rings (SSSR count). The number of hydrogen-bond acceptors (Lipinski definition) is 5. The number of methoxy groups -OCH3 is 1. The molecule has 1 aliphatic heterocycles. The highest BCUT2D eigenvalue weighted by molar-refractivity contribution is 14.0. The van der Waals surface area contributed by atoms with E-state index in [0.29, 0.717) is 11.9 Å². The number of likely N-dealkylation sites (tertiary alicyclic amines) is 1. The van der Waals surface area contributed by atoms with Crippen molar-refractivity contribution >= 4 is 35.6 Å². The molecule has 7 nitrogen and oxygen atoms in total. The molecule has 0 saturated carbocycles. The molecule has 0 amide bonds. The summed E-state index contributed by atoms with van der Waals surface area (Å²) in [5, 5.41) is 3.12. The summed E-state index contributed by atoms with van der Waals surface area (Å²) in [7, 11) is 1.65. The largest absolute Gasteiger partial charge is 0.497 e. The minimum absolute atomic E-state index is 0. The van der Waals surface area contributed by atoms with Crippen molar-refractivity contribution in [3.05, 3.63) is 41.6 Å². The highest BCUT2D eigenvalue weighted by Gasteiger charge is 2.20. The Morgan fingerprint density at radius 2 is 2.11 bits per heavy atom. The fourth-order valence-corrected chi connectivity index (χ4v) is 3.24. The number of aliphatic imine (C=N–C) groups is 1. The number of aryl methyl sites for hydroxylation is 2. The third-order valence-electron chi connectivity index (χ3n) is 5.00. The third-order valence-corrected chi connectivity index (χ3v) is 5.00. The van der Waals surface area contributed by atoms with Crippen molar-refractivity contribution in [1.29, 1.82) is 0 Å². The molecule has 1 fully saturated rings. The molecule has 3 N–H and O–H groups in total. The van der Waals surface area contributed by atoms with Crippen molar-refractivity contribution in [3.8, 4) is 5.75 Å². The minimum atomic E-state index is 0. The topological polar surface area (TPSA) is 88.9 Å². The summed E-state index contributed by atoms with van der Waals surface area (Å²) in [6.07, 6.45) is 2.21. The Kier molecular flexibility index (Phi) is 8.56. The monoisotopic (exact) mass is 499 g/mol. The number of ether oxygens (including phenoxy) is 1. The van der Waals surface area contributed by atoms with E-state index in [1.165, 1.54) is 0 Å². The predicted octanol–water partition coefficient (Wildman–Crippen LogP) is 3.56. The summed E-state index contributed by atoms with van der Waals surface area (Å²) in [5.41, 5.74) is 7.88. The van der Waals surface area contributed by atoms with Gasteiger partial charge in [-0.3, -0.25) is 9.89 Å². The van der Waals surface area contributed by atoms with Crippen LogP contribution in [0.1, 0.15) is 30.2 Å². The van der Waals surface area contributed by atoms with Gasteiger partial charge in [-0.15, -0.1) is 24.0 Å². The molecule has 8 heteroatoms. The second kappa shape index (κ2) is 10.7. The molecule has 1 aromatic carbocycles. The van der Waals surface area contributed by atoms with Crippen LogP contribution >= 0.6 is 24.0 Å². The van der Waals surface area contributed by atoms with E-state index in [-0.39, 0.29) is 24.0 Å². The molecule has 154 valence electrons. The number of guanidine groups is 1. The maximum Gasteiger partial charge on any atom is 0.208 e. The predicted molar refractivity (Wildman–Crippen MR) is 122 cm³/mol.